The zero-order valence-corrected chi connectivity index (χ0v) is 11.0. The number of nitrogens with two attached hydrogens (primary N) is 1. The van der Waals surface area contributed by atoms with Gasteiger partial charge in [-0.1, -0.05) is 30.3 Å². The first kappa shape index (κ1) is 12.9. The summed E-state index contributed by atoms with van der Waals surface area (Å²) < 4.78 is 0. The highest BCUT2D eigenvalue weighted by Crippen LogP contribution is 2.29. The summed E-state index contributed by atoms with van der Waals surface area (Å²) in [4.78, 5) is 29.2. The number of amides is 2. The second-order valence-electron chi connectivity index (χ2n) is 4.75. The molecule has 0 bridgehead atoms. The highest BCUT2D eigenvalue weighted by atomic mass is 16.2. The lowest BCUT2D eigenvalue weighted by Gasteiger charge is -2.14. The fourth-order valence-corrected chi connectivity index (χ4v) is 2.41. The monoisotopic (exact) mass is 277 g/mol. The first-order valence-corrected chi connectivity index (χ1v) is 6.33. The summed E-state index contributed by atoms with van der Waals surface area (Å²) >= 11 is 0. The summed E-state index contributed by atoms with van der Waals surface area (Å²) in [5, 5.41) is 0. The number of rotatable bonds is 2. The molecule has 0 radical (unpaired) electrons. The molecule has 0 aromatic heterocycles. The van der Waals surface area contributed by atoms with E-state index in [1.807, 2.05) is 0 Å². The number of nitrogens with zero attached hydrogens (tertiary/aromatic N) is 2. The van der Waals surface area contributed by atoms with Crippen molar-refractivity contribution in [2.24, 2.45) is 0 Å². The van der Waals surface area contributed by atoms with Gasteiger partial charge < -0.3 is 5.73 Å². The summed E-state index contributed by atoms with van der Waals surface area (Å²) in [6.45, 7) is 7.13. The van der Waals surface area contributed by atoms with Gasteiger partial charge >= 0.3 is 0 Å². The van der Waals surface area contributed by atoms with Gasteiger partial charge in [0, 0.05) is 5.69 Å². The molecule has 2 aromatic rings. The second-order valence-corrected chi connectivity index (χ2v) is 4.75. The van der Waals surface area contributed by atoms with Gasteiger partial charge in [-0.25, -0.2) is 4.85 Å². The summed E-state index contributed by atoms with van der Waals surface area (Å²) in [5.74, 6) is -0.739. The molecule has 1 heterocycles. The Hall–Kier alpha value is -3.13. The maximum atomic E-state index is 12.4. The molecule has 0 atom stereocenters. The van der Waals surface area contributed by atoms with Crippen molar-refractivity contribution in [2.75, 3.05) is 5.73 Å². The molecule has 0 saturated carbocycles. The van der Waals surface area contributed by atoms with E-state index < -0.39 is 0 Å². The summed E-state index contributed by atoms with van der Waals surface area (Å²) in [6.07, 6.45) is 0. The summed E-state index contributed by atoms with van der Waals surface area (Å²) in [5.41, 5.74) is 7.91. The van der Waals surface area contributed by atoms with Crippen LogP contribution in [0.4, 0.5) is 11.4 Å². The van der Waals surface area contributed by atoms with Crippen LogP contribution in [0, 0.1) is 6.57 Å². The first-order valence-electron chi connectivity index (χ1n) is 6.33. The van der Waals surface area contributed by atoms with Crippen LogP contribution in [0.1, 0.15) is 26.3 Å². The van der Waals surface area contributed by atoms with Crippen molar-refractivity contribution < 1.29 is 9.59 Å². The molecule has 0 fully saturated rings. The van der Waals surface area contributed by atoms with E-state index in [1.165, 1.54) is 0 Å². The van der Waals surface area contributed by atoms with Gasteiger partial charge in [0.1, 0.15) is 0 Å². The third kappa shape index (κ3) is 2.03. The maximum absolute atomic E-state index is 12.4. The molecular weight excluding hydrogens is 266 g/mol. The molecular formula is C16H11N3O2. The van der Waals surface area contributed by atoms with Gasteiger partial charge in [0.05, 0.1) is 24.2 Å². The second kappa shape index (κ2) is 4.76. The van der Waals surface area contributed by atoms with Crippen LogP contribution in [0.5, 0.6) is 0 Å². The molecule has 5 nitrogen and oxygen atoms in total. The minimum Gasteiger partial charge on any atom is -0.398 e. The van der Waals surface area contributed by atoms with E-state index >= 15 is 0 Å². The molecule has 5 heteroatoms. The van der Waals surface area contributed by atoms with Crippen LogP contribution in [-0.4, -0.2) is 16.7 Å². The van der Waals surface area contributed by atoms with Gasteiger partial charge in [0.25, 0.3) is 11.8 Å². The number of carbonyl (C=O) groups is 2. The Bertz CT molecular complexity index is 805. The van der Waals surface area contributed by atoms with Crippen molar-refractivity contribution in [3.05, 3.63) is 70.6 Å². The first-order chi connectivity index (χ1) is 10.1. The molecule has 21 heavy (non-hydrogen) atoms. The zero-order chi connectivity index (χ0) is 15.0. The van der Waals surface area contributed by atoms with Crippen molar-refractivity contribution in [1.29, 1.82) is 0 Å². The van der Waals surface area contributed by atoms with E-state index in [1.54, 1.807) is 42.5 Å². The number of hydrogen-bond acceptors (Lipinski definition) is 3. The number of imide groups is 1. The minimum atomic E-state index is -0.388. The number of nitrogen functional groups attached to an aromatic ring is 1. The number of anilines is 1. The van der Waals surface area contributed by atoms with Crippen LogP contribution in [0.15, 0.2) is 42.5 Å². The maximum Gasteiger partial charge on any atom is 0.263 e. The average molecular weight is 277 g/mol. The van der Waals surface area contributed by atoms with E-state index in [0.717, 1.165) is 10.5 Å². The van der Waals surface area contributed by atoms with Crippen molar-refractivity contribution in [3.63, 3.8) is 0 Å². The van der Waals surface area contributed by atoms with E-state index in [4.69, 9.17) is 12.3 Å². The van der Waals surface area contributed by atoms with Gasteiger partial charge in [0.15, 0.2) is 5.69 Å². The molecule has 1 aliphatic heterocycles. The predicted molar refractivity (Wildman–Crippen MR) is 77.8 cm³/mol. The van der Waals surface area contributed by atoms with Gasteiger partial charge in [-0.3, -0.25) is 14.5 Å². The number of carbonyl (C=O) groups excluding carboxylic acids is 2. The minimum absolute atomic E-state index is 0.134. The van der Waals surface area contributed by atoms with E-state index in [-0.39, 0.29) is 23.9 Å². The Morgan fingerprint density at radius 2 is 1.86 bits per heavy atom. The van der Waals surface area contributed by atoms with E-state index in [0.29, 0.717) is 16.9 Å². The number of benzene rings is 2. The Morgan fingerprint density at radius 1 is 1.10 bits per heavy atom. The number of hydrogen-bond donors (Lipinski definition) is 1. The zero-order valence-electron chi connectivity index (χ0n) is 11.0. The van der Waals surface area contributed by atoms with Crippen molar-refractivity contribution in [3.8, 4) is 0 Å². The molecule has 102 valence electrons. The summed E-state index contributed by atoms with van der Waals surface area (Å²) in [6, 6.07) is 11.7. The van der Waals surface area contributed by atoms with Crippen LogP contribution in [0.2, 0.25) is 0 Å². The third-order valence-corrected chi connectivity index (χ3v) is 3.41. The lowest BCUT2D eigenvalue weighted by Crippen LogP contribution is -2.29. The molecule has 2 amide bonds. The molecule has 0 saturated heterocycles. The van der Waals surface area contributed by atoms with Gasteiger partial charge in [-0.2, -0.15) is 0 Å². The molecule has 0 aliphatic carbocycles. The molecule has 2 aromatic carbocycles. The van der Waals surface area contributed by atoms with Crippen molar-refractivity contribution >= 4 is 23.2 Å². The molecule has 2 N–H and O–H groups in total. The molecule has 3 rings (SSSR count). The SMILES string of the molecule is [C-]#[N+]c1cccc(CN2C(=O)c3cccc(N)c3C2=O)c1. The Kier molecular flexibility index (Phi) is 2.92. The van der Waals surface area contributed by atoms with Gasteiger partial charge in [0.2, 0.25) is 0 Å². The number of fused-ring (bicyclic) bond motifs is 1. The largest absolute Gasteiger partial charge is 0.398 e. The molecule has 1 aliphatic rings. The quantitative estimate of drug-likeness (QED) is 0.521. The predicted octanol–water partition coefficient (Wildman–Crippen LogP) is 2.62. The van der Waals surface area contributed by atoms with E-state index in [9.17, 15) is 9.59 Å². The Balaban J connectivity index is 1.95. The molecule has 0 spiro atoms. The van der Waals surface area contributed by atoms with Crippen molar-refractivity contribution in [1.82, 2.24) is 4.90 Å². The average Bonchev–Trinajstić information content (AvgIpc) is 2.74. The lowest BCUT2D eigenvalue weighted by molar-refractivity contribution is 0.0642. The smallest absolute Gasteiger partial charge is 0.263 e. The van der Waals surface area contributed by atoms with Crippen LogP contribution in [-0.2, 0) is 6.54 Å². The van der Waals surface area contributed by atoms with Crippen LogP contribution in [0.3, 0.4) is 0 Å². The van der Waals surface area contributed by atoms with Crippen LogP contribution < -0.4 is 5.73 Å². The van der Waals surface area contributed by atoms with Crippen molar-refractivity contribution in [2.45, 2.75) is 6.54 Å². The molecule has 0 unspecified atom stereocenters. The third-order valence-electron chi connectivity index (χ3n) is 3.41. The topological polar surface area (TPSA) is 67.8 Å². The standard InChI is InChI=1S/C16H11N3O2/c1-18-11-5-2-4-10(8-11)9-19-15(20)12-6-3-7-13(17)14(12)16(19)21/h2-8H,9,17H2. The van der Waals surface area contributed by atoms with E-state index in [2.05, 4.69) is 4.85 Å². The fraction of sp³-hybridized carbons (Fsp3) is 0.0625. The Morgan fingerprint density at radius 3 is 2.57 bits per heavy atom. The fourth-order valence-electron chi connectivity index (χ4n) is 2.41. The highest BCUT2D eigenvalue weighted by Gasteiger charge is 2.36. The Labute approximate surface area is 121 Å². The lowest BCUT2D eigenvalue weighted by atomic mass is 10.1. The van der Waals surface area contributed by atoms with Crippen LogP contribution >= 0.6 is 0 Å². The summed E-state index contributed by atoms with van der Waals surface area (Å²) in [7, 11) is 0. The highest BCUT2D eigenvalue weighted by molar-refractivity contribution is 6.23. The van der Waals surface area contributed by atoms with Gasteiger partial charge in [-0.05, 0) is 17.7 Å². The van der Waals surface area contributed by atoms with Gasteiger partial charge in [-0.15, -0.1) is 0 Å². The normalized spacial score (nSPS) is 13.2. The van der Waals surface area contributed by atoms with Crippen LogP contribution in [0.25, 0.3) is 4.85 Å².